The molecule has 0 fully saturated rings. The minimum absolute atomic E-state index is 0.0146. The molecule has 3 aromatic rings. The summed E-state index contributed by atoms with van der Waals surface area (Å²) in [5.74, 6) is -1.61. The summed E-state index contributed by atoms with van der Waals surface area (Å²) in [4.78, 5) is 14.3. The predicted octanol–water partition coefficient (Wildman–Crippen LogP) is 3.42. The van der Waals surface area contributed by atoms with Gasteiger partial charge in [0.25, 0.3) is 15.9 Å². The summed E-state index contributed by atoms with van der Waals surface area (Å²) in [5, 5.41) is 0. The van der Waals surface area contributed by atoms with Crippen molar-refractivity contribution in [2.75, 3.05) is 0 Å². The third kappa shape index (κ3) is 4.21. The average molecular weight is 384 g/mol. The van der Waals surface area contributed by atoms with Crippen LogP contribution in [0.3, 0.4) is 0 Å². The van der Waals surface area contributed by atoms with Crippen molar-refractivity contribution < 1.29 is 17.6 Å². The number of halogens is 1. The first-order valence-corrected chi connectivity index (χ1v) is 9.59. The summed E-state index contributed by atoms with van der Waals surface area (Å²) in [5.41, 5.74) is 3.64. The normalized spacial score (nSPS) is 11.2. The van der Waals surface area contributed by atoms with E-state index in [0.29, 0.717) is 5.56 Å². The van der Waals surface area contributed by atoms with Gasteiger partial charge in [0.1, 0.15) is 5.82 Å². The third-order valence-corrected chi connectivity index (χ3v) is 5.19. The fraction of sp³-hybridized carbons (Fsp3) is 0.0500. The van der Waals surface area contributed by atoms with Gasteiger partial charge in [-0.25, -0.2) is 12.8 Å². The lowest BCUT2D eigenvalue weighted by molar-refractivity contribution is 0.0941. The maximum absolute atomic E-state index is 14.8. The number of sulfonamides is 1. The number of hydrazine groups is 1. The standard InChI is InChI=1S/C20H17FN2O3S/c1-14-7-5-8-15(13-14)17-11-6-12-18(19(17)21)20(24)22-23-27(25,26)16-9-3-2-4-10-16/h2-13,23H,1H3,(H,22,24). The lowest BCUT2D eigenvalue weighted by Crippen LogP contribution is -2.41. The lowest BCUT2D eigenvalue weighted by atomic mass is 10.0. The number of rotatable bonds is 5. The molecule has 3 rings (SSSR count). The van der Waals surface area contributed by atoms with E-state index in [1.165, 1.54) is 18.2 Å². The topological polar surface area (TPSA) is 75.3 Å². The predicted molar refractivity (Wildman–Crippen MR) is 101 cm³/mol. The zero-order valence-electron chi connectivity index (χ0n) is 14.4. The van der Waals surface area contributed by atoms with E-state index in [-0.39, 0.29) is 16.0 Å². The van der Waals surface area contributed by atoms with Crippen LogP contribution in [0.5, 0.6) is 0 Å². The Kier molecular flexibility index (Phi) is 5.34. The Labute approximate surface area is 156 Å². The zero-order valence-corrected chi connectivity index (χ0v) is 15.3. The Balaban J connectivity index is 1.83. The molecular formula is C20H17FN2O3S. The number of carbonyl (C=O) groups excluding carboxylic acids is 1. The maximum Gasteiger partial charge on any atom is 0.269 e. The molecule has 0 bridgehead atoms. The number of amides is 1. The highest BCUT2D eigenvalue weighted by Crippen LogP contribution is 2.25. The van der Waals surface area contributed by atoms with Crippen molar-refractivity contribution in [1.82, 2.24) is 10.3 Å². The van der Waals surface area contributed by atoms with E-state index < -0.39 is 21.7 Å². The van der Waals surface area contributed by atoms with Crippen LogP contribution in [-0.2, 0) is 10.0 Å². The summed E-state index contributed by atoms with van der Waals surface area (Å²) in [6.07, 6.45) is 0. The summed E-state index contributed by atoms with van der Waals surface area (Å²) in [6, 6.07) is 19.2. The number of hydrogen-bond donors (Lipinski definition) is 2. The van der Waals surface area contributed by atoms with Gasteiger partial charge < -0.3 is 0 Å². The van der Waals surface area contributed by atoms with Crippen LogP contribution < -0.4 is 10.3 Å². The summed E-state index contributed by atoms with van der Waals surface area (Å²) >= 11 is 0. The smallest absolute Gasteiger partial charge is 0.269 e. The van der Waals surface area contributed by atoms with Crippen molar-refractivity contribution >= 4 is 15.9 Å². The van der Waals surface area contributed by atoms with Crippen LogP contribution in [0.25, 0.3) is 11.1 Å². The molecule has 0 aliphatic heterocycles. The SMILES string of the molecule is Cc1cccc(-c2cccc(C(=O)NNS(=O)(=O)c3ccccc3)c2F)c1. The molecule has 2 N–H and O–H groups in total. The molecule has 0 unspecified atom stereocenters. The van der Waals surface area contributed by atoms with Gasteiger partial charge in [0, 0.05) is 5.56 Å². The monoisotopic (exact) mass is 384 g/mol. The Morgan fingerprint density at radius 2 is 1.63 bits per heavy atom. The maximum atomic E-state index is 14.8. The van der Waals surface area contributed by atoms with Gasteiger partial charge in [0.15, 0.2) is 0 Å². The molecule has 0 aliphatic carbocycles. The second-order valence-corrected chi connectivity index (χ2v) is 7.59. The van der Waals surface area contributed by atoms with Gasteiger partial charge in [-0.05, 0) is 30.7 Å². The fourth-order valence-corrected chi connectivity index (χ4v) is 3.44. The Morgan fingerprint density at radius 1 is 0.926 bits per heavy atom. The molecule has 138 valence electrons. The van der Waals surface area contributed by atoms with Crippen LogP contribution in [0.15, 0.2) is 77.7 Å². The molecule has 3 aromatic carbocycles. The first-order chi connectivity index (χ1) is 12.9. The van der Waals surface area contributed by atoms with Crippen LogP contribution in [0, 0.1) is 12.7 Å². The molecular weight excluding hydrogens is 367 g/mol. The quantitative estimate of drug-likeness (QED) is 0.662. The number of carbonyl (C=O) groups is 1. The van der Waals surface area contributed by atoms with Crippen molar-refractivity contribution in [3.63, 3.8) is 0 Å². The molecule has 0 atom stereocenters. The summed E-state index contributed by atoms with van der Waals surface area (Å²) < 4.78 is 39.2. The molecule has 0 heterocycles. The molecule has 0 spiro atoms. The highest BCUT2D eigenvalue weighted by atomic mass is 32.2. The van der Waals surface area contributed by atoms with Crippen LogP contribution in [-0.4, -0.2) is 14.3 Å². The molecule has 1 amide bonds. The highest BCUT2D eigenvalue weighted by Gasteiger charge is 2.19. The molecule has 27 heavy (non-hydrogen) atoms. The van der Waals surface area contributed by atoms with Crippen LogP contribution in [0.4, 0.5) is 4.39 Å². The minimum atomic E-state index is -3.95. The van der Waals surface area contributed by atoms with Crippen molar-refractivity contribution in [2.24, 2.45) is 0 Å². The van der Waals surface area contributed by atoms with Crippen LogP contribution >= 0.6 is 0 Å². The molecule has 5 nitrogen and oxygen atoms in total. The van der Waals surface area contributed by atoms with Crippen LogP contribution in [0.2, 0.25) is 0 Å². The second kappa shape index (κ2) is 7.69. The van der Waals surface area contributed by atoms with E-state index in [1.807, 2.05) is 17.8 Å². The molecule has 0 saturated carbocycles. The zero-order chi connectivity index (χ0) is 19.4. The molecule has 0 radical (unpaired) electrons. The van der Waals surface area contributed by atoms with Crippen LogP contribution in [0.1, 0.15) is 15.9 Å². The first-order valence-electron chi connectivity index (χ1n) is 8.11. The third-order valence-electron chi connectivity index (χ3n) is 3.92. The van der Waals surface area contributed by atoms with Crippen molar-refractivity contribution in [1.29, 1.82) is 0 Å². The number of benzene rings is 3. The Hall–Kier alpha value is -3.03. The van der Waals surface area contributed by atoms with Gasteiger partial charge in [0.2, 0.25) is 0 Å². The average Bonchev–Trinajstić information content (AvgIpc) is 2.67. The van der Waals surface area contributed by atoms with Gasteiger partial charge in [-0.1, -0.05) is 60.2 Å². The Morgan fingerprint density at radius 3 is 2.33 bits per heavy atom. The van der Waals surface area contributed by atoms with Gasteiger partial charge in [-0.15, -0.1) is 4.83 Å². The van der Waals surface area contributed by atoms with E-state index in [4.69, 9.17) is 0 Å². The van der Waals surface area contributed by atoms with Crippen molar-refractivity contribution in [2.45, 2.75) is 11.8 Å². The lowest BCUT2D eigenvalue weighted by Gasteiger charge is -2.11. The summed E-state index contributed by atoms with van der Waals surface area (Å²) in [7, 11) is -3.95. The van der Waals surface area contributed by atoms with E-state index in [2.05, 4.69) is 5.43 Å². The van der Waals surface area contributed by atoms with Gasteiger partial charge >= 0.3 is 0 Å². The van der Waals surface area contributed by atoms with Gasteiger partial charge in [0.05, 0.1) is 10.5 Å². The molecule has 7 heteroatoms. The highest BCUT2D eigenvalue weighted by molar-refractivity contribution is 7.89. The molecule has 0 saturated heterocycles. The summed E-state index contributed by atoms with van der Waals surface area (Å²) in [6.45, 7) is 1.89. The van der Waals surface area contributed by atoms with E-state index >= 15 is 0 Å². The molecule has 0 aromatic heterocycles. The minimum Gasteiger partial charge on any atom is -0.273 e. The van der Waals surface area contributed by atoms with Crippen molar-refractivity contribution in [3.05, 3.63) is 89.7 Å². The van der Waals surface area contributed by atoms with E-state index in [0.717, 1.165) is 5.56 Å². The largest absolute Gasteiger partial charge is 0.273 e. The van der Waals surface area contributed by atoms with E-state index in [9.17, 15) is 17.6 Å². The number of aryl methyl sites for hydroxylation is 1. The second-order valence-electron chi connectivity index (χ2n) is 5.91. The first kappa shape index (κ1) is 18.8. The van der Waals surface area contributed by atoms with Crippen molar-refractivity contribution in [3.8, 4) is 11.1 Å². The van der Waals surface area contributed by atoms with E-state index in [1.54, 1.807) is 48.5 Å². The number of nitrogens with one attached hydrogen (secondary N) is 2. The van der Waals surface area contributed by atoms with Gasteiger partial charge in [-0.2, -0.15) is 0 Å². The number of hydrogen-bond acceptors (Lipinski definition) is 3. The Bertz CT molecular complexity index is 1080. The fourth-order valence-electron chi connectivity index (χ4n) is 2.58. The molecule has 0 aliphatic rings. The van der Waals surface area contributed by atoms with Gasteiger partial charge in [-0.3, -0.25) is 10.2 Å².